The number of unbranched alkanes of at least 4 members (excludes halogenated alkanes) is 13. The minimum atomic E-state index is -2.83. The molecule has 1 aliphatic heterocycles. The molecule has 12 atom stereocenters. The fourth-order valence-electron chi connectivity index (χ4n) is 8.93. The fraction of sp³-hybridized carbons (Fsp3) is 0.745. The number of aliphatic hydroxyl groups is 4. The quantitative estimate of drug-likeness (QED) is 0.0134. The molecule has 0 spiro atoms. The lowest BCUT2D eigenvalue weighted by molar-refractivity contribution is -0.155. The summed E-state index contributed by atoms with van der Waals surface area (Å²) in [5.74, 6) is -17.8. The van der Waals surface area contributed by atoms with Crippen LogP contribution in [0.5, 0.6) is 0 Å². The van der Waals surface area contributed by atoms with Crippen LogP contribution >= 0.6 is 11.6 Å². The first-order valence-electron chi connectivity index (χ1n) is 29.7. The lowest BCUT2D eigenvalue weighted by Crippen LogP contribution is -2.62. The van der Waals surface area contributed by atoms with E-state index in [1.165, 1.54) is 45.4 Å². The number of nitrogens with one attached hydrogen (secondary N) is 9. The van der Waals surface area contributed by atoms with Crippen LogP contribution in [0.1, 0.15) is 156 Å². The van der Waals surface area contributed by atoms with Gasteiger partial charge in [-0.1, -0.05) is 96.5 Å². The molecule has 1 fully saturated rings. The highest BCUT2D eigenvalue weighted by Gasteiger charge is 2.41. The Morgan fingerprint density at radius 2 is 1.08 bits per heavy atom. The van der Waals surface area contributed by atoms with E-state index < -0.39 is 181 Å². The molecule has 0 radical (unpaired) electrons. The number of allylic oxidation sites excluding steroid dienone is 1. The molecule has 1 heterocycles. The third-order valence-electron chi connectivity index (χ3n) is 14.0. The van der Waals surface area contributed by atoms with Crippen molar-refractivity contribution in [1.29, 1.82) is 0 Å². The van der Waals surface area contributed by atoms with Gasteiger partial charge in [-0.3, -0.25) is 47.9 Å². The van der Waals surface area contributed by atoms with Gasteiger partial charge in [-0.05, 0) is 72.0 Å². The largest absolute Gasteiger partial charge is 0.481 e. The van der Waals surface area contributed by atoms with Crippen molar-refractivity contribution in [2.24, 2.45) is 17.2 Å². The van der Waals surface area contributed by atoms with Gasteiger partial charge in [0.1, 0.15) is 54.6 Å². The maximum Gasteiger partial charge on any atom is 0.335 e. The Balaban J connectivity index is 3.88. The zero-order valence-corrected chi connectivity index (χ0v) is 50.7. The second kappa shape index (κ2) is 43.9. The summed E-state index contributed by atoms with van der Waals surface area (Å²) in [6.45, 7) is 2.68. The number of aliphatic hydroxyl groups excluding tert-OH is 4. The molecule has 3 unspecified atom stereocenters. The zero-order chi connectivity index (χ0) is 65.6. The van der Waals surface area contributed by atoms with Crippen LogP contribution in [0, 0.1) is 0 Å². The standard InChI is InChI=1S/C55H95ClN12O19/c1-4-6-7-8-9-10-11-12-13-14-15-16-17-20-32(70)27-40(72)60-38-30-87-55(86)43(39(71)29-56)67-53(83)44(45(75)54(84)85)68-46(76)33(5-2)61-52(82)42(31(3)69)66-49(79)36(23-26-59)63-47(77)34(21-18-19-24-57)62-50(80)37(28-41(73)74)65-48(78)35(22-25-58)64-51(38)81/h5,31-32,34-39,42-45,69-71,75H,4,6-30,57-59H2,1-3H3,(H,60,72)(H,61,82)(H,62,80)(H,63,77)(H,64,81)(H,65,78)(H,66,79)(H,67,83)(H,68,76)(H,73,74)(H,84,85)/b33-5-/t31-,32-,34-,35+,36-,37-,38-,39?,42?,43-,44?,45-/m0/s1. The molecule has 0 saturated carbocycles. The number of alkyl halides is 1. The highest BCUT2D eigenvalue weighted by atomic mass is 35.5. The number of carbonyl (C=O) groups is 12. The molecule has 0 bridgehead atoms. The Morgan fingerprint density at radius 1 is 0.598 bits per heavy atom. The Hall–Kier alpha value is -6.61. The van der Waals surface area contributed by atoms with E-state index in [4.69, 9.17) is 33.5 Å². The number of carbonyl (C=O) groups excluding carboxylic acids is 10. The molecule has 9 amide bonds. The van der Waals surface area contributed by atoms with Crippen molar-refractivity contribution in [1.82, 2.24) is 47.9 Å². The number of amides is 9. The summed E-state index contributed by atoms with van der Waals surface area (Å²) in [5.41, 5.74) is 16.5. The number of hydrogen-bond acceptors (Lipinski definition) is 20. The molecule has 0 aliphatic carbocycles. The summed E-state index contributed by atoms with van der Waals surface area (Å²) >= 11 is 5.87. The third-order valence-corrected chi connectivity index (χ3v) is 14.3. The van der Waals surface area contributed by atoms with Crippen LogP contribution < -0.4 is 65.1 Å². The molecule has 1 rings (SSSR count). The van der Waals surface area contributed by atoms with E-state index in [2.05, 4.69) is 44.1 Å². The van der Waals surface area contributed by atoms with Gasteiger partial charge in [0, 0.05) is 0 Å². The smallest absolute Gasteiger partial charge is 0.335 e. The molecule has 0 aromatic heterocycles. The van der Waals surface area contributed by atoms with Gasteiger partial charge in [0.2, 0.25) is 47.3 Å². The number of halogens is 1. The Kier molecular flexibility index (Phi) is 39.6. The fourth-order valence-corrected chi connectivity index (χ4v) is 9.11. The van der Waals surface area contributed by atoms with E-state index in [0.29, 0.717) is 12.8 Å². The van der Waals surface area contributed by atoms with Crippen molar-refractivity contribution in [2.75, 3.05) is 32.1 Å². The predicted molar refractivity (Wildman–Crippen MR) is 314 cm³/mol. The number of rotatable bonds is 32. The maximum atomic E-state index is 14.2. The summed E-state index contributed by atoms with van der Waals surface area (Å²) in [6, 6.07) is -15.8. The summed E-state index contributed by atoms with van der Waals surface area (Å²) < 4.78 is 5.29. The Morgan fingerprint density at radius 3 is 1.56 bits per heavy atom. The second-order valence-electron chi connectivity index (χ2n) is 21.3. The van der Waals surface area contributed by atoms with Crippen molar-refractivity contribution in [3.8, 4) is 0 Å². The molecule has 1 aliphatic rings. The van der Waals surface area contributed by atoms with Crippen LogP contribution in [0.4, 0.5) is 0 Å². The zero-order valence-electron chi connectivity index (χ0n) is 50.0. The van der Waals surface area contributed by atoms with E-state index >= 15 is 0 Å². The van der Waals surface area contributed by atoms with E-state index in [1.54, 1.807) is 0 Å². The summed E-state index contributed by atoms with van der Waals surface area (Å²) in [5, 5.41) is 82.4. The molecule has 0 aromatic rings. The van der Waals surface area contributed by atoms with Gasteiger partial charge in [-0.25, -0.2) is 9.59 Å². The van der Waals surface area contributed by atoms with Crippen molar-refractivity contribution in [2.45, 2.75) is 228 Å². The number of ether oxygens (including phenoxy) is 1. The predicted octanol–water partition coefficient (Wildman–Crippen LogP) is -3.60. The molecular weight excluding hydrogens is 1170 g/mol. The Bertz CT molecular complexity index is 2270. The van der Waals surface area contributed by atoms with Crippen LogP contribution in [0.2, 0.25) is 0 Å². The van der Waals surface area contributed by atoms with Gasteiger partial charge in [-0.15, -0.1) is 11.6 Å². The number of nitrogens with two attached hydrogens (primary N) is 3. The van der Waals surface area contributed by atoms with Crippen molar-refractivity contribution >= 4 is 82.7 Å². The van der Waals surface area contributed by atoms with Crippen LogP contribution in [0.3, 0.4) is 0 Å². The van der Waals surface area contributed by atoms with E-state index in [1.807, 2.05) is 10.6 Å². The monoisotopic (exact) mass is 1260 g/mol. The highest BCUT2D eigenvalue weighted by Crippen LogP contribution is 2.15. The van der Waals surface area contributed by atoms with Gasteiger partial charge < -0.3 is 100 Å². The first-order chi connectivity index (χ1) is 41.3. The normalized spacial score (nSPS) is 23.9. The Labute approximate surface area is 511 Å². The van der Waals surface area contributed by atoms with Crippen molar-refractivity contribution in [3.05, 3.63) is 11.8 Å². The number of esters is 1. The van der Waals surface area contributed by atoms with Gasteiger partial charge >= 0.3 is 17.9 Å². The van der Waals surface area contributed by atoms with Crippen LogP contribution in [-0.2, 0) is 62.3 Å². The van der Waals surface area contributed by atoms with Crippen molar-refractivity contribution in [3.63, 3.8) is 0 Å². The van der Waals surface area contributed by atoms with Crippen molar-refractivity contribution < 1.29 is 92.9 Å². The molecule has 87 heavy (non-hydrogen) atoms. The topological polar surface area (TPSA) is 522 Å². The van der Waals surface area contributed by atoms with E-state index in [9.17, 15) is 88.2 Å². The van der Waals surface area contributed by atoms with Crippen LogP contribution in [0.25, 0.3) is 0 Å². The molecule has 21 N–H and O–H groups in total. The number of hydrogen-bond donors (Lipinski definition) is 18. The van der Waals surface area contributed by atoms with Gasteiger partial charge in [0.15, 0.2) is 12.1 Å². The molecule has 1 saturated heterocycles. The first-order valence-corrected chi connectivity index (χ1v) is 30.2. The number of cyclic esters (lactones) is 1. The molecular formula is C55H95ClN12O19. The minimum Gasteiger partial charge on any atom is -0.481 e. The SMILES string of the molecule is C/C=C1\NC(=O)C([C@H](C)O)NC(=O)[C@H](CCN)NC(=O)[C@H](CCCCN)NC(=O)[C@H](CC(=O)O)NC(=O)[C@@H](CCN)NC(=O)[C@@H](NC(=O)C[C@@H](O)CCCCCCCCCCCCCCC)COC(=O)[C@H](C(O)CCl)NC(=O)C([C@H](O)C(=O)O)NC1=O. The second-order valence-corrected chi connectivity index (χ2v) is 21.6. The van der Waals surface area contributed by atoms with Gasteiger partial charge in [-0.2, -0.15) is 0 Å². The minimum absolute atomic E-state index is 0.123. The number of carboxylic acids is 2. The number of carboxylic acid groups (broad SMARTS) is 2. The van der Waals surface area contributed by atoms with E-state index in [-0.39, 0.29) is 45.3 Å². The van der Waals surface area contributed by atoms with Gasteiger partial charge in [0.05, 0.1) is 37.0 Å². The summed E-state index contributed by atoms with van der Waals surface area (Å²) in [7, 11) is 0. The highest BCUT2D eigenvalue weighted by molar-refractivity contribution is 6.18. The molecule has 496 valence electrons. The summed E-state index contributed by atoms with van der Waals surface area (Å²) in [4.78, 5) is 163. The molecule has 31 nitrogen and oxygen atoms in total. The molecule has 32 heteroatoms. The average Bonchev–Trinajstić information content (AvgIpc) is 3.53. The summed E-state index contributed by atoms with van der Waals surface area (Å²) in [6.07, 6.45) is 4.80. The molecule has 0 aromatic carbocycles. The maximum absolute atomic E-state index is 14.2. The van der Waals surface area contributed by atoms with Crippen LogP contribution in [0.15, 0.2) is 11.8 Å². The van der Waals surface area contributed by atoms with Crippen LogP contribution in [-0.4, -0.2) is 207 Å². The lowest BCUT2D eigenvalue weighted by Gasteiger charge is -2.28. The first kappa shape index (κ1) is 78.4. The van der Waals surface area contributed by atoms with Gasteiger partial charge in [0.25, 0.3) is 5.91 Å². The number of aliphatic carboxylic acids is 2. The van der Waals surface area contributed by atoms with E-state index in [0.717, 1.165) is 51.5 Å². The lowest BCUT2D eigenvalue weighted by atomic mass is 10.0. The average molecular weight is 1260 g/mol. The third kappa shape index (κ3) is 30.7.